The largest absolute Gasteiger partial charge is 0.502 e. The van der Waals surface area contributed by atoms with E-state index < -0.39 is 17.6 Å². The van der Waals surface area contributed by atoms with Gasteiger partial charge in [0.25, 0.3) is 11.8 Å². The molecule has 0 saturated carbocycles. The molecule has 2 rings (SSSR count). The Morgan fingerprint density at radius 3 is 2.26 bits per heavy atom. The van der Waals surface area contributed by atoms with Crippen LogP contribution in [0.3, 0.4) is 0 Å². The van der Waals surface area contributed by atoms with Crippen LogP contribution in [0.5, 0.6) is 5.75 Å². The van der Waals surface area contributed by atoms with E-state index in [2.05, 4.69) is 0 Å². The zero-order chi connectivity index (χ0) is 14.0. The molecule has 0 unspecified atom stereocenters. The van der Waals surface area contributed by atoms with Gasteiger partial charge in [0.15, 0.2) is 5.76 Å². The van der Waals surface area contributed by atoms with Crippen LogP contribution >= 0.6 is 0 Å². The summed E-state index contributed by atoms with van der Waals surface area (Å²) in [6.45, 7) is 2.63. The van der Waals surface area contributed by atoms with Crippen LogP contribution in [-0.2, 0) is 9.59 Å². The molecule has 1 aliphatic rings. The molecule has 1 aliphatic heterocycles. The monoisotopic (exact) mass is 261 g/mol. The van der Waals surface area contributed by atoms with E-state index in [0.717, 1.165) is 11.3 Å². The number of rotatable bonds is 4. The summed E-state index contributed by atoms with van der Waals surface area (Å²) in [5.41, 5.74) is 0.540. The van der Waals surface area contributed by atoms with Gasteiger partial charge in [-0.15, -0.1) is 0 Å². The molecule has 0 radical (unpaired) electrons. The van der Waals surface area contributed by atoms with Gasteiger partial charge < -0.3 is 9.84 Å². The highest BCUT2D eigenvalue weighted by atomic mass is 16.5. The van der Waals surface area contributed by atoms with Crippen LogP contribution in [0.15, 0.2) is 30.0 Å². The van der Waals surface area contributed by atoms with Crippen LogP contribution in [0, 0.1) is 0 Å². The Morgan fingerprint density at radius 1 is 1.16 bits per heavy atom. The minimum atomic E-state index is -0.675. The summed E-state index contributed by atoms with van der Waals surface area (Å²) in [6.07, 6.45) is 0.908. The van der Waals surface area contributed by atoms with Gasteiger partial charge in [-0.05, 0) is 24.1 Å². The van der Waals surface area contributed by atoms with E-state index in [0.29, 0.717) is 17.9 Å². The number of imide groups is 1. The molecule has 2 amide bonds. The maximum atomic E-state index is 11.8. The number of hydrogen-bond donors (Lipinski definition) is 1. The quantitative estimate of drug-likeness (QED) is 0.838. The lowest BCUT2D eigenvalue weighted by molar-refractivity contribution is -0.136. The van der Waals surface area contributed by atoms with E-state index in [1.54, 1.807) is 24.3 Å². The fraction of sp³-hybridized carbons (Fsp3) is 0.286. The van der Waals surface area contributed by atoms with Gasteiger partial charge in [0.2, 0.25) is 0 Å². The van der Waals surface area contributed by atoms with Crippen molar-refractivity contribution in [1.82, 2.24) is 4.90 Å². The summed E-state index contributed by atoms with van der Waals surface area (Å²) in [4.78, 5) is 24.2. The number of aliphatic hydroxyl groups excluding tert-OH is 1. The van der Waals surface area contributed by atoms with Gasteiger partial charge in [0.05, 0.1) is 12.2 Å². The first-order chi connectivity index (χ1) is 9.06. The molecule has 0 spiro atoms. The molecule has 0 fully saturated rings. The lowest BCUT2D eigenvalue weighted by Gasteiger charge is -2.07. The molecule has 0 aromatic heterocycles. The standard InChI is InChI=1S/C14H15NO4/c1-3-8-19-10-6-4-9(5-7-10)11-12(16)14(18)15(2)13(11)17/h4-7,16H,3,8H2,1-2H3. The SMILES string of the molecule is CCCOc1ccc(C2=C(O)C(=O)N(C)C2=O)cc1. The van der Waals surface area contributed by atoms with E-state index in [1.165, 1.54) is 7.05 Å². The molecule has 1 aromatic rings. The minimum absolute atomic E-state index is 0.0366. The number of amides is 2. The topological polar surface area (TPSA) is 66.8 Å². The van der Waals surface area contributed by atoms with Crippen molar-refractivity contribution in [2.75, 3.05) is 13.7 Å². The summed E-state index contributed by atoms with van der Waals surface area (Å²) < 4.78 is 5.43. The Morgan fingerprint density at radius 2 is 1.79 bits per heavy atom. The Bertz CT molecular complexity index is 545. The minimum Gasteiger partial charge on any atom is -0.502 e. The third kappa shape index (κ3) is 2.31. The van der Waals surface area contributed by atoms with Crippen molar-refractivity contribution in [2.24, 2.45) is 0 Å². The number of aliphatic hydroxyl groups is 1. The van der Waals surface area contributed by atoms with E-state index in [4.69, 9.17) is 4.74 Å². The number of nitrogens with zero attached hydrogens (tertiary/aromatic N) is 1. The molecule has 0 aliphatic carbocycles. The zero-order valence-corrected chi connectivity index (χ0v) is 10.8. The van der Waals surface area contributed by atoms with Gasteiger partial charge >= 0.3 is 0 Å². The molecule has 1 aromatic carbocycles. The molecule has 0 atom stereocenters. The van der Waals surface area contributed by atoms with Crippen LogP contribution in [0.2, 0.25) is 0 Å². The molecule has 19 heavy (non-hydrogen) atoms. The molecule has 0 bridgehead atoms. The number of likely N-dealkylation sites (N-methyl/N-ethyl adjacent to an activating group) is 1. The van der Waals surface area contributed by atoms with Crippen LogP contribution in [-0.4, -0.2) is 35.5 Å². The highest BCUT2D eigenvalue weighted by Gasteiger charge is 2.36. The van der Waals surface area contributed by atoms with Crippen molar-refractivity contribution in [2.45, 2.75) is 13.3 Å². The van der Waals surface area contributed by atoms with E-state index >= 15 is 0 Å². The second-order valence-corrected chi connectivity index (χ2v) is 4.27. The molecular weight excluding hydrogens is 246 g/mol. The highest BCUT2D eigenvalue weighted by Crippen LogP contribution is 2.28. The Labute approximate surface area is 111 Å². The fourth-order valence-electron chi connectivity index (χ4n) is 1.82. The smallest absolute Gasteiger partial charge is 0.296 e. The average molecular weight is 261 g/mol. The van der Waals surface area contributed by atoms with Gasteiger partial charge in [-0.1, -0.05) is 19.1 Å². The number of carbonyl (C=O) groups is 2. The van der Waals surface area contributed by atoms with Crippen LogP contribution in [0.25, 0.3) is 5.57 Å². The van der Waals surface area contributed by atoms with Gasteiger partial charge in [0, 0.05) is 7.05 Å². The first-order valence-corrected chi connectivity index (χ1v) is 6.05. The first kappa shape index (κ1) is 13.1. The van der Waals surface area contributed by atoms with Gasteiger partial charge in [-0.2, -0.15) is 0 Å². The van der Waals surface area contributed by atoms with Crippen LogP contribution in [0.1, 0.15) is 18.9 Å². The van der Waals surface area contributed by atoms with E-state index in [-0.39, 0.29) is 5.57 Å². The highest BCUT2D eigenvalue weighted by molar-refractivity contribution is 6.34. The third-order valence-electron chi connectivity index (χ3n) is 2.88. The summed E-state index contributed by atoms with van der Waals surface area (Å²) in [7, 11) is 1.34. The number of benzene rings is 1. The normalized spacial score (nSPS) is 15.4. The number of hydrogen-bond acceptors (Lipinski definition) is 4. The second-order valence-electron chi connectivity index (χ2n) is 4.27. The van der Waals surface area contributed by atoms with Crippen molar-refractivity contribution in [3.8, 4) is 5.75 Å². The molecule has 1 N–H and O–H groups in total. The second kappa shape index (κ2) is 5.14. The summed E-state index contributed by atoms with van der Waals surface area (Å²) in [6, 6.07) is 6.73. The fourth-order valence-corrected chi connectivity index (χ4v) is 1.82. The Kier molecular flexibility index (Phi) is 3.55. The van der Waals surface area contributed by atoms with Crippen molar-refractivity contribution >= 4 is 17.4 Å². The van der Waals surface area contributed by atoms with Gasteiger partial charge in [-0.25, -0.2) is 0 Å². The Balaban J connectivity index is 2.28. The van der Waals surface area contributed by atoms with Crippen LogP contribution in [0.4, 0.5) is 0 Å². The zero-order valence-electron chi connectivity index (χ0n) is 10.8. The van der Waals surface area contributed by atoms with E-state index in [1.807, 2.05) is 6.92 Å². The predicted molar refractivity (Wildman–Crippen MR) is 69.6 cm³/mol. The summed E-state index contributed by atoms with van der Waals surface area (Å²) >= 11 is 0. The summed E-state index contributed by atoms with van der Waals surface area (Å²) in [5, 5.41) is 9.70. The number of ether oxygens (including phenoxy) is 1. The number of carbonyl (C=O) groups excluding carboxylic acids is 2. The molecule has 1 heterocycles. The van der Waals surface area contributed by atoms with Gasteiger partial charge in [-0.3, -0.25) is 14.5 Å². The summed E-state index contributed by atoms with van der Waals surface area (Å²) in [5.74, 6) is -0.985. The van der Waals surface area contributed by atoms with Crippen molar-refractivity contribution < 1.29 is 19.4 Å². The van der Waals surface area contributed by atoms with Crippen molar-refractivity contribution in [3.63, 3.8) is 0 Å². The average Bonchev–Trinajstić information content (AvgIpc) is 2.62. The molecular formula is C14H15NO4. The van der Waals surface area contributed by atoms with E-state index in [9.17, 15) is 14.7 Å². The van der Waals surface area contributed by atoms with Crippen LogP contribution < -0.4 is 4.74 Å². The third-order valence-corrected chi connectivity index (χ3v) is 2.88. The lowest BCUT2D eigenvalue weighted by atomic mass is 10.1. The predicted octanol–water partition coefficient (Wildman–Crippen LogP) is 1.74. The molecule has 5 nitrogen and oxygen atoms in total. The molecule has 100 valence electrons. The maximum absolute atomic E-state index is 11.8. The van der Waals surface area contributed by atoms with Crippen molar-refractivity contribution in [1.29, 1.82) is 0 Å². The molecule has 0 saturated heterocycles. The maximum Gasteiger partial charge on any atom is 0.296 e. The molecule has 5 heteroatoms. The lowest BCUT2D eigenvalue weighted by Crippen LogP contribution is -2.26. The van der Waals surface area contributed by atoms with Gasteiger partial charge in [0.1, 0.15) is 5.75 Å². The first-order valence-electron chi connectivity index (χ1n) is 6.05. The van der Waals surface area contributed by atoms with Crippen molar-refractivity contribution in [3.05, 3.63) is 35.6 Å². The Hall–Kier alpha value is -2.30.